The van der Waals surface area contributed by atoms with Crippen molar-refractivity contribution in [2.75, 3.05) is 32.7 Å². The number of ether oxygens (including phenoxy) is 2. The van der Waals surface area contributed by atoms with E-state index in [-0.39, 0.29) is 5.88 Å². The molecule has 1 aliphatic heterocycles. The topological polar surface area (TPSA) is 76.7 Å². The average molecular weight is 251 g/mol. The van der Waals surface area contributed by atoms with Crippen LogP contribution in [0, 0.1) is 0 Å². The second kappa shape index (κ2) is 6.03. The molecule has 6 nitrogen and oxygen atoms in total. The lowest BCUT2D eigenvalue weighted by atomic mass is 10.0. The number of carbonyl (C=O) groups excluding carboxylic acids is 2. The minimum Gasteiger partial charge on any atom is -0.378 e. The number of urea groups is 1. The van der Waals surface area contributed by atoms with E-state index in [1.165, 1.54) is 0 Å². The molecule has 0 spiro atoms. The molecule has 16 heavy (non-hydrogen) atoms. The van der Waals surface area contributed by atoms with E-state index in [1.54, 1.807) is 7.11 Å². The molecule has 1 heterocycles. The fourth-order valence-corrected chi connectivity index (χ4v) is 1.47. The fraction of sp³-hybridized carbons (Fsp3) is 0.778. The van der Waals surface area contributed by atoms with Crippen molar-refractivity contribution in [1.82, 2.24) is 10.6 Å². The maximum absolute atomic E-state index is 11.2. The number of hydrogen-bond donors (Lipinski definition) is 2. The molecule has 0 aromatic heterocycles. The highest BCUT2D eigenvalue weighted by atomic mass is 35.5. The molecule has 1 atom stereocenters. The lowest BCUT2D eigenvalue weighted by molar-refractivity contribution is -0.117. The second-order valence-corrected chi connectivity index (χ2v) is 3.82. The average Bonchev–Trinajstić information content (AvgIpc) is 2.75. The maximum Gasteiger partial charge on any atom is 0.321 e. The molecule has 0 bridgehead atoms. The summed E-state index contributed by atoms with van der Waals surface area (Å²) < 4.78 is 10.5. The Morgan fingerprint density at radius 2 is 2.31 bits per heavy atom. The monoisotopic (exact) mass is 250 g/mol. The molecule has 0 aliphatic carbocycles. The number of amides is 3. The van der Waals surface area contributed by atoms with E-state index < -0.39 is 17.5 Å². The first kappa shape index (κ1) is 13.2. The highest BCUT2D eigenvalue weighted by molar-refractivity contribution is 6.28. The van der Waals surface area contributed by atoms with Crippen LogP contribution in [0.5, 0.6) is 0 Å². The summed E-state index contributed by atoms with van der Waals surface area (Å²) in [6, 6.07) is -0.575. The van der Waals surface area contributed by atoms with Crippen LogP contribution in [-0.4, -0.2) is 50.3 Å². The van der Waals surface area contributed by atoms with Gasteiger partial charge in [0.05, 0.1) is 13.2 Å². The van der Waals surface area contributed by atoms with Crippen molar-refractivity contribution in [2.45, 2.75) is 12.0 Å². The summed E-state index contributed by atoms with van der Waals surface area (Å²) in [5.74, 6) is -0.778. The van der Waals surface area contributed by atoms with Crippen LogP contribution in [0.3, 0.4) is 0 Å². The van der Waals surface area contributed by atoms with Gasteiger partial charge in [-0.2, -0.15) is 0 Å². The summed E-state index contributed by atoms with van der Waals surface area (Å²) in [6.45, 7) is 1.34. The summed E-state index contributed by atoms with van der Waals surface area (Å²) >= 11 is 5.24. The lowest BCUT2D eigenvalue weighted by Gasteiger charge is -2.25. The van der Waals surface area contributed by atoms with E-state index in [1.807, 2.05) is 0 Å². The van der Waals surface area contributed by atoms with Crippen LogP contribution in [-0.2, 0) is 14.3 Å². The van der Waals surface area contributed by atoms with Crippen molar-refractivity contribution < 1.29 is 19.1 Å². The van der Waals surface area contributed by atoms with Gasteiger partial charge in [0.2, 0.25) is 5.91 Å². The highest BCUT2D eigenvalue weighted by Gasteiger charge is 2.35. The predicted molar refractivity (Wildman–Crippen MR) is 57.4 cm³/mol. The van der Waals surface area contributed by atoms with Gasteiger partial charge < -0.3 is 14.8 Å². The summed E-state index contributed by atoms with van der Waals surface area (Å²) in [7, 11) is 1.57. The zero-order valence-corrected chi connectivity index (χ0v) is 9.80. The van der Waals surface area contributed by atoms with Crippen molar-refractivity contribution in [2.24, 2.45) is 0 Å². The van der Waals surface area contributed by atoms with Gasteiger partial charge in [0.15, 0.2) is 0 Å². The zero-order valence-electron chi connectivity index (χ0n) is 9.05. The van der Waals surface area contributed by atoms with E-state index in [9.17, 15) is 9.59 Å². The molecule has 1 fully saturated rings. The SMILES string of the molecule is COC1(CNC(=O)NC(=O)CCl)CCOC1. The molecule has 7 heteroatoms. The number of rotatable bonds is 4. The van der Waals surface area contributed by atoms with Gasteiger partial charge in [-0.05, 0) is 0 Å². The summed E-state index contributed by atoms with van der Waals surface area (Å²) in [5, 5.41) is 4.62. The van der Waals surface area contributed by atoms with Crippen LogP contribution in [0.4, 0.5) is 4.79 Å². The third kappa shape index (κ3) is 3.62. The standard InChI is InChI=1S/C9H15ClN2O4/c1-15-9(2-3-16-6-9)5-11-8(14)12-7(13)4-10/h2-6H2,1H3,(H2,11,12,13,14). The number of hydrogen-bond acceptors (Lipinski definition) is 4. The highest BCUT2D eigenvalue weighted by Crippen LogP contribution is 2.21. The molecule has 1 aliphatic rings. The third-order valence-corrected chi connectivity index (χ3v) is 2.69. The van der Waals surface area contributed by atoms with Crippen molar-refractivity contribution >= 4 is 23.5 Å². The Morgan fingerprint density at radius 1 is 1.56 bits per heavy atom. The largest absolute Gasteiger partial charge is 0.378 e. The third-order valence-electron chi connectivity index (χ3n) is 2.45. The smallest absolute Gasteiger partial charge is 0.321 e. The predicted octanol–water partition coefficient (Wildman–Crippen LogP) is -0.144. The number of nitrogens with one attached hydrogen (secondary N) is 2. The molecule has 0 aromatic rings. The van der Waals surface area contributed by atoms with Crippen molar-refractivity contribution in [3.8, 4) is 0 Å². The molecule has 0 saturated carbocycles. The van der Waals surface area contributed by atoms with Crippen molar-refractivity contribution in [3.05, 3.63) is 0 Å². The van der Waals surface area contributed by atoms with Gasteiger partial charge in [0, 0.05) is 20.1 Å². The Hall–Kier alpha value is -0.850. The summed E-state index contributed by atoms with van der Waals surface area (Å²) in [4.78, 5) is 22.0. The van der Waals surface area contributed by atoms with E-state index in [4.69, 9.17) is 21.1 Å². The van der Waals surface area contributed by atoms with Crippen LogP contribution >= 0.6 is 11.6 Å². The van der Waals surface area contributed by atoms with E-state index in [0.717, 1.165) is 0 Å². The zero-order chi connectivity index (χ0) is 12.0. The summed E-state index contributed by atoms with van der Waals surface area (Å²) in [6.07, 6.45) is 0.716. The van der Waals surface area contributed by atoms with Gasteiger partial charge in [0.25, 0.3) is 0 Å². The Morgan fingerprint density at radius 3 is 2.81 bits per heavy atom. The maximum atomic E-state index is 11.2. The first-order valence-corrected chi connectivity index (χ1v) is 5.42. The minimum atomic E-state index is -0.575. The van der Waals surface area contributed by atoms with Crippen LogP contribution in [0.15, 0.2) is 0 Å². The van der Waals surface area contributed by atoms with Crippen LogP contribution in [0.25, 0.3) is 0 Å². The Balaban J connectivity index is 2.32. The Kier molecular flexibility index (Phi) is 4.98. The fourth-order valence-electron chi connectivity index (χ4n) is 1.41. The van der Waals surface area contributed by atoms with Gasteiger partial charge in [-0.15, -0.1) is 11.6 Å². The van der Waals surface area contributed by atoms with Gasteiger partial charge >= 0.3 is 6.03 Å². The van der Waals surface area contributed by atoms with E-state index in [0.29, 0.717) is 26.2 Å². The molecule has 92 valence electrons. The van der Waals surface area contributed by atoms with Gasteiger partial charge in [-0.3, -0.25) is 10.1 Å². The molecular weight excluding hydrogens is 236 g/mol. The second-order valence-electron chi connectivity index (χ2n) is 3.55. The molecular formula is C9H15ClN2O4. The van der Waals surface area contributed by atoms with E-state index >= 15 is 0 Å². The number of carbonyl (C=O) groups is 2. The normalized spacial score (nSPS) is 24.1. The first-order chi connectivity index (χ1) is 7.62. The molecule has 1 rings (SSSR count). The van der Waals surface area contributed by atoms with Crippen molar-refractivity contribution in [1.29, 1.82) is 0 Å². The van der Waals surface area contributed by atoms with Crippen LogP contribution < -0.4 is 10.6 Å². The van der Waals surface area contributed by atoms with Gasteiger partial charge in [-0.1, -0.05) is 0 Å². The number of methoxy groups -OCH3 is 1. The number of imide groups is 1. The molecule has 0 aromatic carbocycles. The Labute approximate surface area is 98.6 Å². The van der Waals surface area contributed by atoms with Crippen LogP contribution in [0.1, 0.15) is 6.42 Å². The van der Waals surface area contributed by atoms with Gasteiger partial charge in [-0.25, -0.2) is 4.79 Å². The molecule has 1 saturated heterocycles. The molecule has 2 N–H and O–H groups in total. The summed E-state index contributed by atoms with van der Waals surface area (Å²) in [5.41, 5.74) is -0.485. The Bertz CT molecular complexity index is 266. The molecule has 3 amide bonds. The van der Waals surface area contributed by atoms with E-state index in [2.05, 4.69) is 10.6 Å². The molecule has 1 unspecified atom stereocenters. The lowest BCUT2D eigenvalue weighted by Crippen LogP contribution is -2.49. The van der Waals surface area contributed by atoms with Crippen molar-refractivity contribution in [3.63, 3.8) is 0 Å². The quantitative estimate of drug-likeness (QED) is 0.681. The number of halogens is 1. The molecule has 0 radical (unpaired) electrons. The van der Waals surface area contributed by atoms with Crippen LogP contribution in [0.2, 0.25) is 0 Å². The minimum absolute atomic E-state index is 0.244. The van der Waals surface area contributed by atoms with Gasteiger partial charge in [0.1, 0.15) is 11.5 Å². The number of alkyl halides is 1. The first-order valence-electron chi connectivity index (χ1n) is 4.88.